The minimum atomic E-state index is -0.216. The van der Waals surface area contributed by atoms with Gasteiger partial charge in [0.15, 0.2) is 0 Å². The van der Waals surface area contributed by atoms with Gasteiger partial charge in [0.05, 0.1) is 0 Å². The zero-order valence-corrected chi connectivity index (χ0v) is 12.4. The molecule has 2 aromatic rings. The van der Waals surface area contributed by atoms with Crippen LogP contribution >= 0.6 is 0 Å². The maximum atomic E-state index is 11.9. The Balaban J connectivity index is 1.61. The Morgan fingerprint density at radius 3 is 2.95 bits per heavy atom. The summed E-state index contributed by atoms with van der Waals surface area (Å²) in [4.78, 5) is 11.9. The topological polar surface area (TPSA) is 42.2 Å². The molecule has 2 unspecified atom stereocenters. The monoisotopic (exact) mass is 291 g/mol. The second-order valence-electron chi connectivity index (χ2n) is 5.61. The molecule has 3 heteroatoms. The first-order chi connectivity index (χ1) is 10.7. The van der Waals surface area contributed by atoms with E-state index in [1.807, 2.05) is 24.3 Å². The zero-order valence-electron chi connectivity index (χ0n) is 12.4. The molecule has 2 atom stereocenters. The third-order valence-electron chi connectivity index (χ3n) is 3.82. The number of carbonyl (C=O) groups is 1. The largest absolute Gasteiger partial charge is 0.461 e. The minimum absolute atomic E-state index is 0.216. The Kier molecular flexibility index (Phi) is 3.84. The summed E-state index contributed by atoms with van der Waals surface area (Å²) in [5, 5.41) is 2.77. The van der Waals surface area contributed by atoms with E-state index >= 15 is 0 Å². The fraction of sp³-hybridized carbons (Fsp3) is 0.211. The highest BCUT2D eigenvalue weighted by atomic mass is 16.3. The number of rotatable bonds is 4. The number of benzene rings is 1. The van der Waals surface area contributed by atoms with Crippen molar-refractivity contribution in [3.63, 3.8) is 0 Å². The number of hydrogen-bond donors (Lipinski definition) is 1. The first-order valence-corrected chi connectivity index (χ1v) is 7.31. The van der Waals surface area contributed by atoms with Crippen LogP contribution in [0.3, 0.4) is 0 Å². The van der Waals surface area contributed by atoms with Gasteiger partial charge in [0.2, 0.25) is 5.91 Å². The van der Waals surface area contributed by atoms with Crippen molar-refractivity contribution in [2.24, 2.45) is 5.92 Å². The van der Waals surface area contributed by atoms with Gasteiger partial charge in [0, 0.05) is 23.2 Å². The number of amides is 1. The summed E-state index contributed by atoms with van der Waals surface area (Å²) in [6.45, 7) is 2.21. The second-order valence-corrected chi connectivity index (χ2v) is 5.61. The van der Waals surface area contributed by atoms with Gasteiger partial charge in [0.25, 0.3) is 0 Å². The number of hydrogen-bond acceptors (Lipinski definition) is 2. The predicted octanol–water partition coefficient (Wildman–Crippen LogP) is 4.04. The number of nitrogens with one attached hydrogen (secondary N) is 1. The summed E-state index contributed by atoms with van der Waals surface area (Å²) in [6.07, 6.45) is 9.66. The maximum absolute atomic E-state index is 11.9. The lowest BCUT2D eigenvalue weighted by Gasteiger charge is -2.02. The Morgan fingerprint density at radius 2 is 2.23 bits per heavy atom. The standard InChI is InChI=1S/C19H17NO2/c1-3-14-5-4-6-15(12-14)20-19(21)10-8-16-7-9-18(22-16)17-11-13(17)2/h1,4-10,12-13,17H,11H2,2H3,(H,20,21)/b10-8+. The van der Waals surface area contributed by atoms with Crippen LogP contribution in [0.4, 0.5) is 5.69 Å². The molecule has 1 amide bonds. The van der Waals surface area contributed by atoms with Crippen LogP contribution in [-0.4, -0.2) is 5.91 Å². The van der Waals surface area contributed by atoms with Crippen molar-refractivity contribution in [1.82, 2.24) is 0 Å². The van der Waals surface area contributed by atoms with Gasteiger partial charge in [-0.05, 0) is 48.7 Å². The van der Waals surface area contributed by atoms with Gasteiger partial charge in [-0.25, -0.2) is 0 Å². The van der Waals surface area contributed by atoms with Crippen molar-refractivity contribution < 1.29 is 9.21 Å². The smallest absolute Gasteiger partial charge is 0.248 e. The highest BCUT2D eigenvalue weighted by Crippen LogP contribution is 2.47. The molecule has 0 bridgehead atoms. The van der Waals surface area contributed by atoms with Gasteiger partial charge in [-0.15, -0.1) is 6.42 Å². The summed E-state index contributed by atoms with van der Waals surface area (Å²) in [7, 11) is 0. The SMILES string of the molecule is C#Cc1cccc(NC(=O)/C=C/c2ccc(C3CC3C)o2)c1. The number of terminal acetylenes is 1. The molecule has 0 saturated heterocycles. The van der Waals surface area contributed by atoms with Crippen molar-refractivity contribution >= 4 is 17.7 Å². The van der Waals surface area contributed by atoms with Gasteiger partial charge in [-0.1, -0.05) is 18.9 Å². The molecule has 0 aliphatic heterocycles. The lowest BCUT2D eigenvalue weighted by atomic mass is 10.2. The number of furan rings is 1. The first kappa shape index (κ1) is 14.2. The van der Waals surface area contributed by atoms with Crippen LogP contribution in [0.5, 0.6) is 0 Å². The Labute approximate surface area is 130 Å². The van der Waals surface area contributed by atoms with Crippen LogP contribution < -0.4 is 5.32 Å². The number of anilines is 1. The van der Waals surface area contributed by atoms with E-state index in [9.17, 15) is 4.79 Å². The predicted molar refractivity (Wildman–Crippen MR) is 87.3 cm³/mol. The number of carbonyl (C=O) groups excluding carboxylic acids is 1. The normalized spacial score (nSPS) is 19.8. The molecule has 1 aliphatic rings. The first-order valence-electron chi connectivity index (χ1n) is 7.31. The van der Waals surface area contributed by atoms with E-state index in [1.54, 1.807) is 18.2 Å². The van der Waals surface area contributed by atoms with Crippen molar-refractivity contribution in [2.45, 2.75) is 19.3 Å². The highest BCUT2D eigenvalue weighted by Gasteiger charge is 2.36. The van der Waals surface area contributed by atoms with Gasteiger partial charge >= 0.3 is 0 Å². The van der Waals surface area contributed by atoms with E-state index < -0.39 is 0 Å². The van der Waals surface area contributed by atoms with E-state index in [1.165, 1.54) is 12.5 Å². The molecule has 1 heterocycles. The fourth-order valence-electron chi connectivity index (χ4n) is 2.40. The quantitative estimate of drug-likeness (QED) is 0.682. The molecule has 1 aliphatic carbocycles. The van der Waals surface area contributed by atoms with E-state index in [-0.39, 0.29) is 5.91 Å². The average Bonchev–Trinajstić information content (AvgIpc) is 3.07. The molecule has 110 valence electrons. The molecule has 1 aromatic heterocycles. The van der Waals surface area contributed by atoms with Crippen LogP contribution in [0.15, 0.2) is 46.9 Å². The van der Waals surface area contributed by atoms with Gasteiger partial charge < -0.3 is 9.73 Å². The van der Waals surface area contributed by atoms with Crippen molar-refractivity contribution in [1.29, 1.82) is 0 Å². The van der Waals surface area contributed by atoms with Crippen LogP contribution in [0.25, 0.3) is 6.08 Å². The molecular formula is C19H17NO2. The van der Waals surface area contributed by atoms with E-state index in [4.69, 9.17) is 10.8 Å². The summed E-state index contributed by atoms with van der Waals surface area (Å²) in [5.41, 5.74) is 1.41. The molecule has 0 spiro atoms. The lowest BCUT2D eigenvalue weighted by molar-refractivity contribution is -0.111. The van der Waals surface area contributed by atoms with E-state index in [2.05, 4.69) is 18.2 Å². The highest BCUT2D eigenvalue weighted by molar-refractivity contribution is 6.01. The van der Waals surface area contributed by atoms with Crippen LogP contribution in [0.1, 0.15) is 36.3 Å². The zero-order chi connectivity index (χ0) is 15.5. The molecule has 1 N–H and O–H groups in total. The fourth-order valence-corrected chi connectivity index (χ4v) is 2.40. The molecular weight excluding hydrogens is 274 g/mol. The molecule has 0 radical (unpaired) electrons. The molecule has 3 rings (SSSR count). The molecule has 1 fully saturated rings. The lowest BCUT2D eigenvalue weighted by Crippen LogP contribution is -2.07. The van der Waals surface area contributed by atoms with Gasteiger partial charge in [0.1, 0.15) is 11.5 Å². The second kappa shape index (κ2) is 5.95. The third-order valence-corrected chi connectivity index (χ3v) is 3.82. The van der Waals surface area contributed by atoms with Crippen LogP contribution in [-0.2, 0) is 4.79 Å². The summed E-state index contributed by atoms with van der Waals surface area (Å²) in [6, 6.07) is 11.1. The third kappa shape index (κ3) is 3.29. The van der Waals surface area contributed by atoms with Gasteiger partial charge in [-0.2, -0.15) is 0 Å². The van der Waals surface area contributed by atoms with Crippen LogP contribution in [0, 0.1) is 18.3 Å². The molecule has 3 nitrogen and oxygen atoms in total. The van der Waals surface area contributed by atoms with Crippen molar-refractivity contribution in [3.05, 3.63) is 59.6 Å². The average molecular weight is 291 g/mol. The summed E-state index contributed by atoms with van der Waals surface area (Å²) >= 11 is 0. The van der Waals surface area contributed by atoms with Crippen molar-refractivity contribution in [2.75, 3.05) is 5.32 Å². The molecule has 1 aromatic carbocycles. The van der Waals surface area contributed by atoms with E-state index in [0.29, 0.717) is 23.3 Å². The van der Waals surface area contributed by atoms with Crippen molar-refractivity contribution in [3.8, 4) is 12.3 Å². The summed E-state index contributed by atoms with van der Waals surface area (Å²) in [5.74, 6) is 5.27. The Morgan fingerprint density at radius 1 is 1.41 bits per heavy atom. The Bertz CT molecular complexity index is 764. The Hall–Kier alpha value is -2.73. The van der Waals surface area contributed by atoms with Crippen LogP contribution in [0.2, 0.25) is 0 Å². The minimum Gasteiger partial charge on any atom is -0.461 e. The van der Waals surface area contributed by atoms with E-state index in [0.717, 1.165) is 11.3 Å². The maximum Gasteiger partial charge on any atom is 0.248 e. The molecule has 22 heavy (non-hydrogen) atoms. The van der Waals surface area contributed by atoms with Gasteiger partial charge in [-0.3, -0.25) is 4.79 Å². The molecule has 1 saturated carbocycles. The summed E-state index contributed by atoms with van der Waals surface area (Å²) < 4.78 is 5.72.